The number of amides is 2. The molecule has 0 heterocycles. The highest BCUT2D eigenvalue weighted by Gasteiger charge is 2.35. The highest BCUT2D eigenvalue weighted by molar-refractivity contribution is 7.92. The van der Waals surface area contributed by atoms with Crippen molar-refractivity contribution in [2.45, 2.75) is 57.1 Å². The zero-order chi connectivity index (χ0) is 33.4. The Hall–Kier alpha value is -3.56. The Balaban J connectivity index is 1.84. The Labute approximate surface area is 286 Å². The van der Waals surface area contributed by atoms with Gasteiger partial charge in [0.15, 0.2) is 0 Å². The summed E-state index contributed by atoms with van der Waals surface area (Å²) in [6.45, 7) is 4.96. The molecule has 7 nitrogen and oxygen atoms in total. The molecular weight excluding hydrogens is 665 g/mol. The molecule has 46 heavy (non-hydrogen) atoms. The second-order valence-corrected chi connectivity index (χ2v) is 14.2. The van der Waals surface area contributed by atoms with Gasteiger partial charge in [0.25, 0.3) is 10.0 Å². The lowest BCUT2D eigenvalue weighted by Gasteiger charge is -2.34. The number of carbonyl (C=O) groups excluding carboxylic acids is 2. The van der Waals surface area contributed by atoms with Crippen molar-refractivity contribution in [1.82, 2.24) is 10.2 Å². The van der Waals surface area contributed by atoms with Crippen LogP contribution in [0.3, 0.4) is 0 Å². The number of para-hydroxylation sites is 1. The number of benzene rings is 4. The van der Waals surface area contributed by atoms with Crippen molar-refractivity contribution in [3.63, 3.8) is 0 Å². The molecule has 0 bridgehead atoms. The second kappa shape index (κ2) is 15.8. The summed E-state index contributed by atoms with van der Waals surface area (Å²) in [6.07, 6.45) is 0.871. The van der Waals surface area contributed by atoms with Crippen LogP contribution in [0.15, 0.2) is 102 Å². The maximum atomic E-state index is 14.6. The number of carbonyl (C=O) groups is 2. The molecule has 4 aromatic rings. The smallest absolute Gasteiger partial charge is 0.264 e. The summed E-state index contributed by atoms with van der Waals surface area (Å²) < 4.78 is 29.4. The molecule has 11 heteroatoms. The first-order chi connectivity index (χ1) is 21.9. The Morgan fingerprint density at radius 2 is 1.48 bits per heavy atom. The minimum Gasteiger partial charge on any atom is -0.352 e. The highest BCUT2D eigenvalue weighted by atomic mass is 35.5. The number of hydrogen-bond acceptors (Lipinski definition) is 4. The van der Waals surface area contributed by atoms with Gasteiger partial charge in [-0.3, -0.25) is 13.9 Å². The van der Waals surface area contributed by atoms with Gasteiger partial charge >= 0.3 is 0 Å². The predicted molar refractivity (Wildman–Crippen MR) is 186 cm³/mol. The van der Waals surface area contributed by atoms with Crippen LogP contribution in [-0.4, -0.2) is 43.8 Å². The Morgan fingerprint density at radius 3 is 2.11 bits per heavy atom. The summed E-state index contributed by atoms with van der Waals surface area (Å²) >= 11 is 18.8. The highest BCUT2D eigenvalue weighted by Crippen LogP contribution is 2.29. The van der Waals surface area contributed by atoms with E-state index >= 15 is 0 Å². The molecule has 4 aromatic carbocycles. The maximum Gasteiger partial charge on any atom is 0.264 e. The van der Waals surface area contributed by atoms with Gasteiger partial charge in [-0.15, -0.1) is 0 Å². The van der Waals surface area contributed by atoms with Crippen molar-refractivity contribution in [1.29, 1.82) is 0 Å². The monoisotopic (exact) mass is 699 g/mol. The number of hydrogen-bond donors (Lipinski definition) is 1. The van der Waals surface area contributed by atoms with Crippen LogP contribution in [-0.2, 0) is 32.6 Å². The van der Waals surface area contributed by atoms with Gasteiger partial charge in [0.1, 0.15) is 12.6 Å². The summed E-state index contributed by atoms with van der Waals surface area (Å²) in [5.74, 6) is -0.952. The van der Waals surface area contributed by atoms with Crippen LogP contribution < -0.4 is 9.62 Å². The number of aryl methyl sites for hydroxylation is 1. The molecule has 2 amide bonds. The van der Waals surface area contributed by atoms with Gasteiger partial charge in [-0.1, -0.05) is 96.3 Å². The topological polar surface area (TPSA) is 86.8 Å². The Morgan fingerprint density at radius 1 is 0.848 bits per heavy atom. The summed E-state index contributed by atoms with van der Waals surface area (Å²) in [4.78, 5) is 29.9. The van der Waals surface area contributed by atoms with Crippen molar-refractivity contribution in [3.05, 3.63) is 129 Å². The first-order valence-electron chi connectivity index (χ1n) is 14.8. The molecule has 0 fully saturated rings. The standard InChI is InChI=1S/C35H36Cl3N3O4S/c1-4-25(3)39-35(43)33(20-26-11-6-5-7-12-26)40(22-27-14-15-29(37)21-31(27)38)34(42)23-41(32-13-9-8-10-24(32)2)46(44,45)30-18-16-28(36)17-19-30/h5-19,21,25,33H,4,20,22-23H2,1-3H3,(H,39,43)/t25-,33-/m1/s1. The fourth-order valence-corrected chi connectivity index (χ4v) is 6.99. The van der Waals surface area contributed by atoms with Gasteiger partial charge in [-0.25, -0.2) is 8.42 Å². The van der Waals surface area contributed by atoms with E-state index in [0.29, 0.717) is 38.3 Å². The summed E-state index contributed by atoms with van der Waals surface area (Å²) in [5.41, 5.74) is 2.36. The number of sulfonamides is 1. The van der Waals surface area contributed by atoms with Crippen molar-refractivity contribution >= 4 is 62.3 Å². The van der Waals surface area contributed by atoms with Crippen molar-refractivity contribution < 1.29 is 18.0 Å². The molecule has 1 N–H and O–H groups in total. The van der Waals surface area contributed by atoms with Gasteiger partial charge in [0.05, 0.1) is 10.6 Å². The van der Waals surface area contributed by atoms with E-state index in [1.165, 1.54) is 29.2 Å². The van der Waals surface area contributed by atoms with Crippen molar-refractivity contribution in [2.75, 3.05) is 10.8 Å². The molecule has 242 valence electrons. The fraction of sp³-hybridized carbons (Fsp3) is 0.257. The number of rotatable bonds is 13. The van der Waals surface area contributed by atoms with Crippen molar-refractivity contribution in [3.8, 4) is 0 Å². The van der Waals surface area contributed by atoms with E-state index in [2.05, 4.69) is 5.32 Å². The number of halogens is 3. The molecule has 0 aliphatic rings. The molecule has 0 aliphatic heterocycles. The van der Waals surface area contributed by atoms with Gasteiger partial charge in [0.2, 0.25) is 11.8 Å². The molecule has 0 saturated heterocycles. The quantitative estimate of drug-likeness (QED) is 0.155. The molecule has 0 aliphatic carbocycles. The minimum absolute atomic E-state index is 0.0319. The SMILES string of the molecule is CC[C@@H](C)NC(=O)[C@@H](Cc1ccccc1)N(Cc1ccc(Cl)cc1Cl)C(=O)CN(c1ccccc1C)S(=O)(=O)c1ccc(Cl)cc1. The lowest BCUT2D eigenvalue weighted by atomic mass is 10.0. The first kappa shape index (κ1) is 35.3. The van der Waals surface area contributed by atoms with Crippen molar-refractivity contribution in [2.24, 2.45) is 0 Å². The van der Waals surface area contributed by atoms with Crippen LogP contribution in [0.4, 0.5) is 5.69 Å². The first-order valence-corrected chi connectivity index (χ1v) is 17.4. The van der Waals surface area contributed by atoms with Gasteiger partial charge in [-0.05, 0) is 79.4 Å². The Kier molecular flexibility index (Phi) is 12.1. The van der Waals surface area contributed by atoms with E-state index in [0.717, 1.165) is 9.87 Å². The van der Waals surface area contributed by atoms with Gasteiger partial charge in [-0.2, -0.15) is 0 Å². The molecule has 0 spiro atoms. The van der Waals surface area contributed by atoms with Gasteiger partial charge in [0, 0.05) is 34.1 Å². The largest absolute Gasteiger partial charge is 0.352 e. The fourth-order valence-electron chi connectivity index (χ4n) is 4.92. The lowest BCUT2D eigenvalue weighted by Crippen LogP contribution is -2.54. The molecule has 0 radical (unpaired) electrons. The summed E-state index contributed by atoms with van der Waals surface area (Å²) in [7, 11) is -4.25. The molecular formula is C35H36Cl3N3O4S. The predicted octanol–water partition coefficient (Wildman–Crippen LogP) is 7.71. The third kappa shape index (κ3) is 8.82. The number of nitrogens with one attached hydrogen (secondary N) is 1. The van der Waals surface area contributed by atoms with E-state index in [9.17, 15) is 18.0 Å². The zero-order valence-electron chi connectivity index (χ0n) is 25.8. The maximum absolute atomic E-state index is 14.6. The van der Waals surface area contributed by atoms with Crippen LogP contribution in [0, 0.1) is 6.92 Å². The van der Waals surface area contributed by atoms with E-state index in [1.54, 1.807) is 49.4 Å². The van der Waals surface area contributed by atoms with Crippen LogP contribution >= 0.6 is 34.8 Å². The second-order valence-electron chi connectivity index (χ2n) is 11.0. The number of anilines is 1. The van der Waals surface area contributed by atoms with Gasteiger partial charge < -0.3 is 10.2 Å². The van der Waals surface area contributed by atoms with Crippen LogP contribution in [0.1, 0.15) is 37.0 Å². The third-order valence-corrected chi connectivity index (χ3v) is 10.3. The molecule has 0 aromatic heterocycles. The average Bonchev–Trinajstić information content (AvgIpc) is 3.03. The third-order valence-electron chi connectivity index (χ3n) is 7.69. The molecule has 0 unspecified atom stereocenters. The molecule has 0 saturated carbocycles. The van der Waals surface area contributed by atoms with Crippen LogP contribution in [0.5, 0.6) is 0 Å². The van der Waals surface area contributed by atoms with Crippen LogP contribution in [0.25, 0.3) is 0 Å². The van der Waals surface area contributed by atoms with E-state index < -0.39 is 28.5 Å². The lowest BCUT2D eigenvalue weighted by molar-refractivity contribution is -0.140. The van der Waals surface area contributed by atoms with E-state index in [-0.39, 0.29) is 29.8 Å². The van der Waals surface area contributed by atoms with E-state index in [4.69, 9.17) is 34.8 Å². The summed E-state index contributed by atoms with van der Waals surface area (Å²) in [6, 6.07) is 25.8. The molecule has 2 atom stereocenters. The van der Waals surface area contributed by atoms with Crippen LogP contribution in [0.2, 0.25) is 15.1 Å². The Bertz CT molecular complexity index is 1770. The number of nitrogens with zero attached hydrogens (tertiary/aromatic N) is 2. The summed E-state index contributed by atoms with van der Waals surface area (Å²) in [5, 5.41) is 4.13. The van der Waals surface area contributed by atoms with E-state index in [1.807, 2.05) is 44.2 Å². The average molecular weight is 701 g/mol. The minimum atomic E-state index is -4.25. The normalized spacial score (nSPS) is 12.7. The molecule has 4 rings (SSSR count). The zero-order valence-corrected chi connectivity index (χ0v) is 28.9.